The lowest BCUT2D eigenvalue weighted by Crippen LogP contribution is -2.63. The van der Waals surface area contributed by atoms with Crippen molar-refractivity contribution in [2.45, 2.75) is 62.9 Å². The molecule has 3 aliphatic rings. The summed E-state index contributed by atoms with van der Waals surface area (Å²) in [5.41, 5.74) is 0. The predicted octanol–water partition coefficient (Wildman–Crippen LogP) is -0.0380. The van der Waals surface area contributed by atoms with E-state index in [2.05, 4.69) is 0 Å². The van der Waals surface area contributed by atoms with E-state index in [0.717, 1.165) is 18.4 Å². The Morgan fingerprint density at radius 2 is 1.38 bits per heavy atom. The zero-order chi connectivity index (χ0) is 15.0. The van der Waals surface area contributed by atoms with Crippen LogP contribution in [0.2, 0.25) is 0 Å². The molecule has 0 amide bonds. The molecule has 4 N–H and O–H groups in total. The van der Waals surface area contributed by atoms with Gasteiger partial charge in [0.05, 0.1) is 18.8 Å². The fourth-order valence-electron chi connectivity index (χ4n) is 4.33. The van der Waals surface area contributed by atoms with Crippen molar-refractivity contribution in [3.05, 3.63) is 0 Å². The number of likely N-dealkylation sites (tertiary alicyclic amines) is 1. The molecule has 0 radical (unpaired) electrons. The van der Waals surface area contributed by atoms with Gasteiger partial charge >= 0.3 is 0 Å². The van der Waals surface area contributed by atoms with Crippen LogP contribution in [0.1, 0.15) is 38.5 Å². The van der Waals surface area contributed by atoms with Crippen LogP contribution in [0.4, 0.5) is 0 Å². The molecule has 3 fully saturated rings. The number of β-amino-alcohol motifs (C(OH)–C–C–N with tert-alkyl or cyclic N) is 1. The highest BCUT2D eigenvalue weighted by Crippen LogP contribution is 2.45. The van der Waals surface area contributed by atoms with Gasteiger partial charge in [0.15, 0.2) is 0 Å². The van der Waals surface area contributed by atoms with Crippen LogP contribution >= 0.6 is 0 Å². The van der Waals surface area contributed by atoms with E-state index in [0.29, 0.717) is 12.5 Å². The van der Waals surface area contributed by atoms with E-state index in [-0.39, 0.29) is 6.61 Å². The molecule has 4 atom stereocenters. The molecule has 21 heavy (non-hydrogen) atoms. The van der Waals surface area contributed by atoms with E-state index in [4.69, 9.17) is 0 Å². The van der Waals surface area contributed by atoms with Crippen LogP contribution in [0.15, 0.2) is 0 Å². The molecule has 0 bridgehead atoms. The van der Waals surface area contributed by atoms with E-state index < -0.39 is 24.4 Å². The van der Waals surface area contributed by atoms with E-state index in [1.807, 2.05) is 4.90 Å². The molecule has 1 aliphatic heterocycles. The van der Waals surface area contributed by atoms with Gasteiger partial charge in [0.1, 0.15) is 12.2 Å². The van der Waals surface area contributed by atoms with Crippen molar-refractivity contribution in [1.29, 1.82) is 0 Å². The first kappa shape index (κ1) is 15.7. The van der Waals surface area contributed by atoms with Gasteiger partial charge in [-0.3, -0.25) is 4.90 Å². The molecule has 2 aliphatic carbocycles. The average molecular weight is 299 g/mol. The van der Waals surface area contributed by atoms with E-state index in [9.17, 15) is 20.4 Å². The Kier molecular flexibility index (Phi) is 4.86. The standard InChI is InChI=1S/C16H29NO4/c18-9-13-15(20)16(21)14(19)8-17(13)7-10-1-3-11(4-2-10)12-5-6-12/h10-16,18-21H,1-9H2/t10-,11-,13-,14+,15-,16-/m1/s1. The summed E-state index contributed by atoms with van der Waals surface area (Å²) in [6.07, 6.45) is 4.74. The predicted molar refractivity (Wildman–Crippen MR) is 78.6 cm³/mol. The summed E-state index contributed by atoms with van der Waals surface area (Å²) < 4.78 is 0. The highest BCUT2D eigenvalue weighted by Gasteiger charge is 2.42. The minimum Gasteiger partial charge on any atom is -0.395 e. The highest BCUT2D eigenvalue weighted by atomic mass is 16.4. The van der Waals surface area contributed by atoms with Crippen molar-refractivity contribution >= 4 is 0 Å². The van der Waals surface area contributed by atoms with Crippen molar-refractivity contribution in [3.63, 3.8) is 0 Å². The summed E-state index contributed by atoms with van der Waals surface area (Å²) in [6.45, 7) is 0.970. The third-order valence-corrected chi connectivity index (χ3v) is 5.89. The lowest BCUT2D eigenvalue weighted by Gasteiger charge is -2.45. The van der Waals surface area contributed by atoms with Crippen LogP contribution in [0.5, 0.6) is 0 Å². The molecule has 0 unspecified atom stereocenters. The summed E-state index contributed by atoms with van der Waals surface area (Å²) >= 11 is 0. The van der Waals surface area contributed by atoms with Gasteiger partial charge in [-0.1, -0.05) is 0 Å². The molecule has 3 rings (SSSR count). The normalized spacial score (nSPS) is 45.7. The van der Waals surface area contributed by atoms with Gasteiger partial charge < -0.3 is 20.4 Å². The first-order chi connectivity index (χ1) is 10.1. The Labute approximate surface area is 126 Å². The van der Waals surface area contributed by atoms with Crippen LogP contribution in [0, 0.1) is 17.8 Å². The molecule has 0 aromatic carbocycles. The second-order valence-electron chi connectivity index (χ2n) is 7.37. The average Bonchev–Trinajstić information content (AvgIpc) is 3.31. The first-order valence-electron chi connectivity index (χ1n) is 8.49. The maximum absolute atomic E-state index is 10.0. The number of rotatable bonds is 4. The lowest BCUT2D eigenvalue weighted by molar-refractivity contribution is -0.148. The number of nitrogens with zero attached hydrogens (tertiary/aromatic N) is 1. The number of aliphatic hydroxyl groups is 4. The second-order valence-corrected chi connectivity index (χ2v) is 7.37. The second kappa shape index (κ2) is 6.50. The maximum Gasteiger partial charge on any atom is 0.109 e. The minimum absolute atomic E-state index is 0.178. The summed E-state index contributed by atoms with van der Waals surface area (Å²) in [4.78, 5) is 1.98. The summed E-state index contributed by atoms with van der Waals surface area (Å²) in [5, 5.41) is 39.1. The molecule has 5 heteroatoms. The third kappa shape index (κ3) is 3.42. The largest absolute Gasteiger partial charge is 0.395 e. The van der Waals surface area contributed by atoms with Crippen molar-refractivity contribution in [3.8, 4) is 0 Å². The van der Waals surface area contributed by atoms with E-state index in [1.54, 1.807) is 0 Å². The van der Waals surface area contributed by atoms with Crippen LogP contribution in [-0.4, -0.2) is 69.4 Å². The van der Waals surface area contributed by atoms with Crippen LogP contribution in [0.3, 0.4) is 0 Å². The zero-order valence-corrected chi connectivity index (χ0v) is 12.6. The van der Waals surface area contributed by atoms with Crippen molar-refractivity contribution in [2.24, 2.45) is 17.8 Å². The number of hydrogen-bond donors (Lipinski definition) is 4. The van der Waals surface area contributed by atoms with Gasteiger partial charge in [-0.15, -0.1) is 0 Å². The molecule has 0 aromatic heterocycles. The van der Waals surface area contributed by atoms with Gasteiger partial charge in [0.2, 0.25) is 0 Å². The molecular formula is C16H29NO4. The molecule has 2 saturated carbocycles. The number of hydrogen-bond acceptors (Lipinski definition) is 5. The van der Waals surface area contributed by atoms with Crippen LogP contribution in [0.25, 0.3) is 0 Å². The van der Waals surface area contributed by atoms with Crippen molar-refractivity contribution < 1.29 is 20.4 Å². The molecule has 122 valence electrons. The van der Waals surface area contributed by atoms with E-state index >= 15 is 0 Å². The highest BCUT2D eigenvalue weighted by molar-refractivity contribution is 4.95. The lowest BCUT2D eigenvalue weighted by atomic mass is 9.79. The molecule has 0 spiro atoms. The van der Waals surface area contributed by atoms with Gasteiger partial charge in [-0.05, 0) is 56.3 Å². The van der Waals surface area contributed by atoms with Crippen molar-refractivity contribution in [2.75, 3.05) is 19.7 Å². The van der Waals surface area contributed by atoms with Crippen LogP contribution < -0.4 is 0 Å². The van der Waals surface area contributed by atoms with Gasteiger partial charge in [-0.2, -0.15) is 0 Å². The Morgan fingerprint density at radius 1 is 0.810 bits per heavy atom. The monoisotopic (exact) mass is 299 g/mol. The first-order valence-corrected chi connectivity index (χ1v) is 8.49. The van der Waals surface area contributed by atoms with Gasteiger partial charge in [-0.25, -0.2) is 0 Å². The van der Waals surface area contributed by atoms with Crippen LogP contribution in [-0.2, 0) is 0 Å². The summed E-state index contributed by atoms with van der Waals surface area (Å²) in [7, 11) is 0. The minimum atomic E-state index is -1.15. The Bertz CT molecular complexity index is 341. The summed E-state index contributed by atoms with van der Waals surface area (Å²) in [5.74, 6) is 2.50. The number of piperidine rings is 1. The van der Waals surface area contributed by atoms with Gasteiger partial charge in [0, 0.05) is 13.1 Å². The summed E-state index contributed by atoms with van der Waals surface area (Å²) in [6, 6.07) is -0.454. The maximum atomic E-state index is 10.0. The molecular weight excluding hydrogens is 270 g/mol. The topological polar surface area (TPSA) is 84.2 Å². The Balaban J connectivity index is 1.53. The quantitative estimate of drug-likeness (QED) is 0.585. The van der Waals surface area contributed by atoms with Crippen molar-refractivity contribution in [1.82, 2.24) is 4.90 Å². The fourth-order valence-corrected chi connectivity index (χ4v) is 4.33. The fraction of sp³-hybridized carbons (Fsp3) is 1.00. The number of aliphatic hydroxyl groups excluding tert-OH is 4. The molecule has 1 saturated heterocycles. The molecule has 1 heterocycles. The Hall–Kier alpha value is -0.200. The van der Waals surface area contributed by atoms with Gasteiger partial charge in [0.25, 0.3) is 0 Å². The third-order valence-electron chi connectivity index (χ3n) is 5.89. The molecule has 5 nitrogen and oxygen atoms in total. The zero-order valence-electron chi connectivity index (χ0n) is 12.6. The van der Waals surface area contributed by atoms with E-state index in [1.165, 1.54) is 38.5 Å². The SMILES string of the molecule is OC[C@@H]1[C@@H](O)[C@H](O)[C@@H](O)CN1C[C@H]1CC[C@H](C2CC2)CC1. The smallest absolute Gasteiger partial charge is 0.109 e. The Morgan fingerprint density at radius 3 is 1.90 bits per heavy atom. The molecule has 0 aromatic rings.